The molecule has 0 aliphatic carbocycles. The van der Waals surface area contributed by atoms with Crippen molar-refractivity contribution in [3.63, 3.8) is 0 Å². The molecule has 3 heteroatoms. The molecule has 0 bridgehead atoms. The van der Waals surface area contributed by atoms with Crippen LogP contribution in [0.2, 0.25) is 0 Å². The molecule has 0 aromatic carbocycles. The Morgan fingerprint density at radius 3 is 2.22 bits per heavy atom. The Balaban J connectivity index is 0. The lowest BCUT2D eigenvalue weighted by molar-refractivity contribution is 0.243. The summed E-state index contributed by atoms with van der Waals surface area (Å²) >= 11 is 0. The zero-order valence-electron chi connectivity index (χ0n) is 5.64. The Morgan fingerprint density at radius 2 is 2.11 bits per heavy atom. The molecule has 0 rings (SSSR count). The van der Waals surface area contributed by atoms with E-state index in [4.69, 9.17) is 10.8 Å². The second-order valence-electron chi connectivity index (χ2n) is 1.95. The molecule has 0 spiro atoms. The molecule has 1 unspecified atom stereocenters. The number of nitrogens with two attached hydrogens (primary N) is 1. The van der Waals surface area contributed by atoms with Gasteiger partial charge in [0, 0.05) is 0 Å². The van der Waals surface area contributed by atoms with Crippen molar-refractivity contribution in [2.24, 2.45) is 5.73 Å². The van der Waals surface area contributed by atoms with Crippen molar-refractivity contribution >= 4 is 12.4 Å². The summed E-state index contributed by atoms with van der Waals surface area (Å²) < 4.78 is 0. The van der Waals surface area contributed by atoms with E-state index in [1.807, 2.05) is 0 Å². The second-order valence-corrected chi connectivity index (χ2v) is 1.95. The molecule has 1 atom stereocenters. The summed E-state index contributed by atoms with van der Waals surface area (Å²) in [5, 5.41) is 8.50. The Kier molecular flexibility index (Phi) is 5.94. The summed E-state index contributed by atoms with van der Waals surface area (Å²) in [6.45, 7) is 3.29. The van der Waals surface area contributed by atoms with Gasteiger partial charge in [0.25, 0.3) is 0 Å². The van der Waals surface area contributed by atoms with Crippen LogP contribution in [-0.2, 0) is 0 Å². The molecule has 0 aliphatic rings. The molecule has 0 heterocycles. The van der Waals surface area contributed by atoms with E-state index in [2.05, 4.69) is 11.8 Å². The molecular formula is C6H12ClNO. The molecule has 9 heavy (non-hydrogen) atoms. The van der Waals surface area contributed by atoms with Crippen LogP contribution in [0.25, 0.3) is 0 Å². The van der Waals surface area contributed by atoms with Gasteiger partial charge in [0.2, 0.25) is 0 Å². The summed E-state index contributed by atoms with van der Waals surface area (Å²) in [6.07, 6.45) is 0. The topological polar surface area (TPSA) is 46.2 Å². The van der Waals surface area contributed by atoms with Gasteiger partial charge in [0.15, 0.2) is 0 Å². The molecular weight excluding hydrogens is 138 g/mol. The van der Waals surface area contributed by atoms with Gasteiger partial charge < -0.3 is 10.8 Å². The van der Waals surface area contributed by atoms with Crippen LogP contribution in [0.1, 0.15) is 13.8 Å². The highest BCUT2D eigenvalue weighted by Crippen LogP contribution is 1.91. The van der Waals surface area contributed by atoms with Gasteiger partial charge in [-0.05, 0) is 13.8 Å². The predicted molar refractivity (Wildman–Crippen MR) is 40.4 cm³/mol. The Bertz CT molecular complexity index is 123. The van der Waals surface area contributed by atoms with Crippen LogP contribution in [0.3, 0.4) is 0 Å². The normalized spacial score (nSPS) is 14.2. The number of aliphatic hydroxyl groups is 1. The maximum Gasteiger partial charge on any atom is 0.0980 e. The fourth-order valence-electron chi connectivity index (χ4n) is 0.325. The summed E-state index contributed by atoms with van der Waals surface area (Å²) in [7, 11) is 0. The van der Waals surface area contributed by atoms with Gasteiger partial charge in [-0.2, -0.15) is 0 Å². The van der Waals surface area contributed by atoms with Crippen molar-refractivity contribution in [3.05, 3.63) is 0 Å². The van der Waals surface area contributed by atoms with Crippen molar-refractivity contribution in [1.29, 1.82) is 0 Å². The lowest BCUT2D eigenvalue weighted by Gasteiger charge is -2.11. The Labute approximate surface area is 61.9 Å². The number of aliphatic hydroxyl groups excluding tert-OH is 1. The van der Waals surface area contributed by atoms with Gasteiger partial charge in [-0.15, -0.1) is 18.3 Å². The molecule has 3 N–H and O–H groups in total. The van der Waals surface area contributed by atoms with Gasteiger partial charge >= 0.3 is 0 Å². The first-order chi connectivity index (χ1) is 3.62. The third kappa shape index (κ3) is 5.64. The molecule has 0 aliphatic heterocycles. The second kappa shape index (κ2) is 4.63. The van der Waals surface area contributed by atoms with E-state index in [-0.39, 0.29) is 19.0 Å². The lowest BCUT2D eigenvalue weighted by Crippen LogP contribution is -2.38. The third-order valence-corrected chi connectivity index (χ3v) is 0.739. The zero-order chi connectivity index (χ0) is 6.62. The average Bonchev–Trinajstić information content (AvgIpc) is 1.67. The van der Waals surface area contributed by atoms with Crippen molar-refractivity contribution in [2.75, 3.05) is 6.61 Å². The summed E-state index contributed by atoms with van der Waals surface area (Å²) in [5.41, 5.74) is 4.69. The Morgan fingerprint density at radius 1 is 1.67 bits per heavy atom. The van der Waals surface area contributed by atoms with Crippen LogP contribution < -0.4 is 5.73 Å². The van der Waals surface area contributed by atoms with Gasteiger partial charge in [-0.25, -0.2) is 0 Å². The van der Waals surface area contributed by atoms with Crippen molar-refractivity contribution in [3.8, 4) is 11.8 Å². The van der Waals surface area contributed by atoms with Crippen LogP contribution in [-0.4, -0.2) is 17.3 Å². The van der Waals surface area contributed by atoms with Gasteiger partial charge in [0.1, 0.15) is 0 Å². The van der Waals surface area contributed by atoms with E-state index in [9.17, 15) is 0 Å². The summed E-state index contributed by atoms with van der Waals surface area (Å²) in [6, 6.07) is 0. The van der Waals surface area contributed by atoms with Crippen LogP contribution in [0.4, 0.5) is 0 Å². The minimum absolute atomic E-state index is 0. The highest BCUT2D eigenvalue weighted by Gasteiger charge is 2.10. The SMILES string of the molecule is CC#CC(C)(N)CO.Cl. The minimum Gasteiger partial charge on any atom is -0.393 e. The van der Waals surface area contributed by atoms with Crippen LogP contribution in [0.5, 0.6) is 0 Å². The predicted octanol–water partition coefficient (Wildman–Crippen LogP) is 0.141. The van der Waals surface area contributed by atoms with Gasteiger partial charge in [-0.3, -0.25) is 0 Å². The van der Waals surface area contributed by atoms with E-state index in [0.717, 1.165) is 0 Å². The van der Waals surface area contributed by atoms with Crippen LogP contribution in [0.15, 0.2) is 0 Å². The quantitative estimate of drug-likeness (QED) is 0.521. The first kappa shape index (κ1) is 11.6. The van der Waals surface area contributed by atoms with Gasteiger partial charge in [-0.1, -0.05) is 5.92 Å². The fraction of sp³-hybridized carbons (Fsp3) is 0.667. The maximum absolute atomic E-state index is 8.50. The highest BCUT2D eigenvalue weighted by molar-refractivity contribution is 5.85. The number of hydrogen-bond donors (Lipinski definition) is 2. The summed E-state index contributed by atoms with van der Waals surface area (Å²) in [4.78, 5) is 0. The van der Waals surface area contributed by atoms with E-state index >= 15 is 0 Å². The molecule has 2 nitrogen and oxygen atoms in total. The van der Waals surface area contributed by atoms with E-state index in [1.165, 1.54) is 0 Å². The molecule has 0 amide bonds. The number of rotatable bonds is 1. The Hall–Kier alpha value is -0.230. The molecule has 0 saturated heterocycles. The molecule has 0 saturated carbocycles. The molecule has 0 aromatic heterocycles. The van der Waals surface area contributed by atoms with E-state index in [0.29, 0.717) is 0 Å². The first-order valence-corrected chi connectivity index (χ1v) is 2.46. The van der Waals surface area contributed by atoms with E-state index in [1.54, 1.807) is 13.8 Å². The number of hydrogen-bond acceptors (Lipinski definition) is 2. The molecule has 54 valence electrons. The highest BCUT2D eigenvalue weighted by atomic mass is 35.5. The first-order valence-electron chi connectivity index (χ1n) is 2.46. The van der Waals surface area contributed by atoms with E-state index < -0.39 is 5.54 Å². The van der Waals surface area contributed by atoms with Crippen molar-refractivity contribution in [2.45, 2.75) is 19.4 Å². The van der Waals surface area contributed by atoms with Crippen molar-refractivity contribution < 1.29 is 5.11 Å². The minimum atomic E-state index is -0.714. The molecule has 0 aromatic rings. The zero-order valence-corrected chi connectivity index (χ0v) is 6.46. The fourth-order valence-corrected chi connectivity index (χ4v) is 0.325. The third-order valence-electron chi connectivity index (χ3n) is 0.739. The van der Waals surface area contributed by atoms with Crippen molar-refractivity contribution in [1.82, 2.24) is 0 Å². The van der Waals surface area contributed by atoms with Gasteiger partial charge in [0.05, 0.1) is 12.1 Å². The number of halogens is 1. The standard InChI is InChI=1S/C6H11NO.ClH/c1-3-4-6(2,7)5-8;/h8H,5,7H2,1-2H3;1H. The molecule has 0 radical (unpaired) electrons. The maximum atomic E-state index is 8.50. The summed E-state index contributed by atoms with van der Waals surface area (Å²) in [5.74, 6) is 5.27. The monoisotopic (exact) mass is 149 g/mol. The average molecular weight is 150 g/mol. The van der Waals surface area contributed by atoms with Crippen LogP contribution in [0, 0.1) is 11.8 Å². The largest absolute Gasteiger partial charge is 0.393 e. The lowest BCUT2D eigenvalue weighted by atomic mass is 10.1. The smallest absolute Gasteiger partial charge is 0.0980 e. The van der Waals surface area contributed by atoms with Crippen LogP contribution >= 0.6 is 12.4 Å². The molecule has 0 fully saturated rings.